The molecule has 0 aliphatic rings. The molecule has 0 unspecified atom stereocenters. The van der Waals surface area contributed by atoms with E-state index in [9.17, 15) is 18.4 Å². The van der Waals surface area contributed by atoms with Crippen molar-refractivity contribution in [2.45, 2.75) is 26.9 Å². The molecule has 0 fully saturated rings. The Morgan fingerprint density at radius 3 is 1.52 bits per heavy atom. The van der Waals surface area contributed by atoms with Crippen molar-refractivity contribution in [1.29, 1.82) is 0 Å². The molecule has 2 rings (SSSR count). The molecule has 2 aromatic carbocycles. The topological polar surface area (TPSA) is 58.2 Å². The van der Waals surface area contributed by atoms with Gasteiger partial charge in [0, 0.05) is 24.2 Å². The van der Waals surface area contributed by atoms with Gasteiger partial charge in [0.15, 0.2) is 0 Å². The van der Waals surface area contributed by atoms with Gasteiger partial charge in [-0.2, -0.15) is 0 Å². The molecule has 25 heavy (non-hydrogen) atoms. The third-order valence-electron chi connectivity index (χ3n) is 3.93. The van der Waals surface area contributed by atoms with E-state index >= 15 is 0 Å². The second-order valence-electron chi connectivity index (χ2n) is 6.17. The van der Waals surface area contributed by atoms with E-state index in [0.29, 0.717) is 11.1 Å². The average molecular weight is 346 g/mol. The fourth-order valence-corrected chi connectivity index (χ4v) is 2.18. The third-order valence-corrected chi connectivity index (χ3v) is 3.93. The molecule has 4 nitrogen and oxygen atoms in total. The molecule has 0 saturated heterocycles. The fourth-order valence-electron chi connectivity index (χ4n) is 2.18. The molecule has 0 radical (unpaired) electrons. The van der Waals surface area contributed by atoms with Crippen LogP contribution < -0.4 is 10.6 Å². The van der Waals surface area contributed by atoms with E-state index < -0.39 is 28.9 Å². The summed E-state index contributed by atoms with van der Waals surface area (Å²) in [7, 11) is 0. The lowest BCUT2D eigenvalue weighted by molar-refractivity contribution is -0.141. The molecule has 0 spiro atoms. The first-order chi connectivity index (χ1) is 11.8. The zero-order valence-electron chi connectivity index (χ0n) is 14.1. The molecule has 2 N–H and O–H groups in total. The van der Waals surface area contributed by atoms with E-state index in [-0.39, 0.29) is 13.1 Å². The van der Waals surface area contributed by atoms with Crippen LogP contribution in [0.2, 0.25) is 0 Å². The normalized spacial score (nSPS) is 11.0. The van der Waals surface area contributed by atoms with Crippen molar-refractivity contribution in [2.24, 2.45) is 5.41 Å². The van der Waals surface area contributed by atoms with Crippen LogP contribution in [0.1, 0.15) is 25.0 Å². The van der Waals surface area contributed by atoms with Gasteiger partial charge in [0.25, 0.3) is 0 Å². The zero-order valence-corrected chi connectivity index (χ0v) is 14.1. The molecule has 2 aromatic rings. The zero-order chi connectivity index (χ0) is 18.4. The number of halogens is 2. The minimum absolute atomic E-state index is 0.0183. The summed E-state index contributed by atoms with van der Waals surface area (Å²) in [5.74, 6) is -1.93. The van der Waals surface area contributed by atoms with Gasteiger partial charge >= 0.3 is 0 Å². The summed E-state index contributed by atoms with van der Waals surface area (Å²) in [5.41, 5.74) is -0.715. The molecule has 0 saturated carbocycles. The maximum Gasteiger partial charge on any atom is 0.235 e. The highest BCUT2D eigenvalue weighted by Gasteiger charge is 2.35. The van der Waals surface area contributed by atoms with Crippen LogP contribution in [0, 0.1) is 17.0 Å². The van der Waals surface area contributed by atoms with Gasteiger partial charge in [0.2, 0.25) is 11.8 Å². The first-order valence-electron chi connectivity index (χ1n) is 7.86. The Hall–Kier alpha value is -2.76. The van der Waals surface area contributed by atoms with Gasteiger partial charge in [-0.1, -0.05) is 36.4 Å². The van der Waals surface area contributed by atoms with Crippen molar-refractivity contribution in [3.8, 4) is 0 Å². The number of carbonyl (C=O) groups excluding carboxylic acids is 2. The summed E-state index contributed by atoms with van der Waals surface area (Å²) in [4.78, 5) is 24.6. The molecule has 2 amide bonds. The third kappa shape index (κ3) is 4.62. The standard InChI is InChI=1S/C19H20F2N2O2/c1-19(2,17(24)22-11-13-7-3-5-9-15(13)20)18(25)23-12-14-8-4-6-10-16(14)21/h3-10H,11-12H2,1-2H3,(H,22,24)(H,23,25). The van der Waals surface area contributed by atoms with Gasteiger partial charge in [0.05, 0.1) is 0 Å². The van der Waals surface area contributed by atoms with Crippen LogP contribution in [0.3, 0.4) is 0 Å². The summed E-state index contributed by atoms with van der Waals surface area (Å²) in [5, 5.41) is 5.11. The Morgan fingerprint density at radius 2 is 1.16 bits per heavy atom. The molecule has 0 bridgehead atoms. The first kappa shape index (κ1) is 18.6. The van der Waals surface area contributed by atoms with Crippen LogP contribution in [0.15, 0.2) is 48.5 Å². The van der Waals surface area contributed by atoms with Gasteiger partial charge in [0.1, 0.15) is 17.0 Å². The van der Waals surface area contributed by atoms with Crippen molar-refractivity contribution >= 4 is 11.8 Å². The average Bonchev–Trinajstić information content (AvgIpc) is 2.59. The van der Waals surface area contributed by atoms with Gasteiger partial charge in [-0.15, -0.1) is 0 Å². The smallest absolute Gasteiger partial charge is 0.235 e. The maximum absolute atomic E-state index is 13.6. The highest BCUT2D eigenvalue weighted by molar-refractivity contribution is 6.04. The van der Waals surface area contributed by atoms with Crippen LogP contribution >= 0.6 is 0 Å². The monoisotopic (exact) mass is 346 g/mol. The van der Waals surface area contributed by atoms with Gasteiger partial charge in [-0.05, 0) is 26.0 Å². The Kier molecular flexibility index (Phi) is 5.85. The van der Waals surface area contributed by atoms with Crippen LogP contribution in [0.4, 0.5) is 8.78 Å². The fraction of sp³-hybridized carbons (Fsp3) is 0.263. The second-order valence-corrected chi connectivity index (χ2v) is 6.17. The van der Waals surface area contributed by atoms with E-state index in [4.69, 9.17) is 0 Å². The van der Waals surface area contributed by atoms with Crippen molar-refractivity contribution in [2.75, 3.05) is 0 Å². The number of hydrogen-bond acceptors (Lipinski definition) is 2. The number of nitrogens with one attached hydrogen (secondary N) is 2. The van der Waals surface area contributed by atoms with Crippen molar-refractivity contribution in [3.05, 3.63) is 71.3 Å². The Labute approximate surface area is 145 Å². The lowest BCUT2D eigenvalue weighted by Crippen LogP contribution is -2.47. The Balaban J connectivity index is 1.94. The summed E-state index contributed by atoms with van der Waals surface area (Å²) in [6, 6.07) is 12.2. The highest BCUT2D eigenvalue weighted by Crippen LogP contribution is 2.17. The minimum atomic E-state index is -1.38. The van der Waals surface area contributed by atoms with Crippen molar-refractivity contribution in [1.82, 2.24) is 10.6 Å². The van der Waals surface area contributed by atoms with Crippen molar-refractivity contribution < 1.29 is 18.4 Å². The summed E-state index contributed by atoms with van der Waals surface area (Å²) in [6.45, 7) is 2.88. The van der Waals surface area contributed by atoms with E-state index in [0.717, 1.165) is 0 Å². The van der Waals surface area contributed by atoms with Crippen molar-refractivity contribution in [3.63, 3.8) is 0 Å². The molecular weight excluding hydrogens is 326 g/mol. The summed E-state index contributed by atoms with van der Waals surface area (Å²) in [6.07, 6.45) is 0. The summed E-state index contributed by atoms with van der Waals surface area (Å²) < 4.78 is 27.2. The lowest BCUT2D eigenvalue weighted by atomic mass is 9.91. The number of benzene rings is 2. The molecule has 132 valence electrons. The molecule has 0 aliphatic carbocycles. The van der Waals surface area contributed by atoms with Crippen LogP contribution in [-0.4, -0.2) is 11.8 Å². The number of rotatable bonds is 6. The molecule has 0 aromatic heterocycles. The maximum atomic E-state index is 13.6. The van der Waals surface area contributed by atoms with Crippen LogP contribution in [0.5, 0.6) is 0 Å². The largest absolute Gasteiger partial charge is 0.351 e. The number of hydrogen-bond donors (Lipinski definition) is 2. The lowest BCUT2D eigenvalue weighted by Gasteiger charge is -2.23. The molecule has 6 heteroatoms. The van der Waals surface area contributed by atoms with Gasteiger partial charge < -0.3 is 10.6 Å². The first-order valence-corrected chi connectivity index (χ1v) is 7.86. The van der Waals surface area contributed by atoms with Crippen LogP contribution in [0.25, 0.3) is 0 Å². The van der Waals surface area contributed by atoms with Crippen LogP contribution in [-0.2, 0) is 22.7 Å². The Bertz CT molecular complexity index is 712. The number of carbonyl (C=O) groups is 2. The predicted molar refractivity (Wildman–Crippen MR) is 90.3 cm³/mol. The van der Waals surface area contributed by atoms with Gasteiger partial charge in [-0.25, -0.2) is 8.78 Å². The highest BCUT2D eigenvalue weighted by atomic mass is 19.1. The molecule has 0 heterocycles. The SMILES string of the molecule is CC(C)(C(=O)NCc1ccccc1F)C(=O)NCc1ccccc1F. The minimum Gasteiger partial charge on any atom is -0.351 e. The second kappa shape index (κ2) is 7.88. The number of amides is 2. The summed E-state index contributed by atoms with van der Waals surface area (Å²) >= 11 is 0. The molecule has 0 aliphatic heterocycles. The van der Waals surface area contributed by atoms with E-state index in [2.05, 4.69) is 10.6 Å². The molecular formula is C19H20F2N2O2. The van der Waals surface area contributed by atoms with E-state index in [1.54, 1.807) is 36.4 Å². The Morgan fingerprint density at radius 1 is 0.800 bits per heavy atom. The van der Waals surface area contributed by atoms with E-state index in [1.807, 2.05) is 0 Å². The van der Waals surface area contributed by atoms with E-state index in [1.165, 1.54) is 26.0 Å². The predicted octanol–water partition coefficient (Wildman–Crippen LogP) is 2.92. The molecule has 0 atom stereocenters. The van der Waals surface area contributed by atoms with Gasteiger partial charge in [-0.3, -0.25) is 9.59 Å². The quantitative estimate of drug-likeness (QED) is 0.790.